The Balaban J connectivity index is 2.24. The normalized spacial score (nSPS) is 13.3. The van der Waals surface area contributed by atoms with Gasteiger partial charge >= 0.3 is 0 Å². The fourth-order valence-corrected chi connectivity index (χ4v) is 3.74. The number of rotatable bonds is 7. The minimum Gasteiger partial charge on any atom is -0.0870 e. The van der Waals surface area contributed by atoms with Crippen molar-refractivity contribution in [2.75, 3.05) is 0 Å². The van der Waals surface area contributed by atoms with Gasteiger partial charge in [-0.2, -0.15) is 0 Å². The van der Waals surface area contributed by atoms with E-state index in [4.69, 9.17) is 0 Å². The molecule has 1 atom stereocenters. The summed E-state index contributed by atoms with van der Waals surface area (Å²) < 4.78 is 0. The molecule has 26 heavy (non-hydrogen) atoms. The maximum atomic E-state index is 2.37. The molecule has 0 aromatic heterocycles. The van der Waals surface area contributed by atoms with Crippen LogP contribution in [0, 0.1) is 12.3 Å². The van der Waals surface area contributed by atoms with E-state index in [0.29, 0.717) is 11.3 Å². The molecule has 0 bridgehead atoms. The van der Waals surface area contributed by atoms with E-state index in [1.807, 2.05) is 0 Å². The number of aryl methyl sites for hydroxylation is 2. The van der Waals surface area contributed by atoms with Crippen molar-refractivity contribution in [1.29, 1.82) is 0 Å². The summed E-state index contributed by atoms with van der Waals surface area (Å²) in [6, 6.07) is 15.7. The molecule has 0 saturated carbocycles. The summed E-state index contributed by atoms with van der Waals surface area (Å²) in [7, 11) is 0. The molecule has 0 aliphatic rings. The third-order valence-electron chi connectivity index (χ3n) is 5.25. The largest absolute Gasteiger partial charge is 0.0870 e. The van der Waals surface area contributed by atoms with Crippen LogP contribution in [-0.2, 0) is 12.8 Å². The van der Waals surface area contributed by atoms with Gasteiger partial charge in [-0.3, -0.25) is 0 Å². The first-order chi connectivity index (χ1) is 12.3. The maximum Gasteiger partial charge on any atom is -0.0144 e. The number of hydrogen-bond donors (Lipinski definition) is 0. The molecule has 0 N–H and O–H groups in total. The van der Waals surface area contributed by atoms with Crippen LogP contribution in [-0.4, -0.2) is 0 Å². The molecule has 140 valence electrons. The molecule has 0 radical (unpaired) electrons. The summed E-state index contributed by atoms with van der Waals surface area (Å²) in [6.07, 6.45) is 9.29. The van der Waals surface area contributed by atoms with Gasteiger partial charge in [-0.25, -0.2) is 0 Å². The third-order valence-corrected chi connectivity index (χ3v) is 5.25. The molecule has 2 aromatic carbocycles. The molecule has 0 nitrogen and oxygen atoms in total. The predicted molar refractivity (Wildman–Crippen MR) is 117 cm³/mol. The van der Waals surface area contributed by atoms with Crippen LogP contribution in [0.1, 0.15) is 81.2 Å². The fourth-order valence-electron chi connectivity index (χ4n) is 3.74. The minimum absolute atomic E-state index is 0.413. The Kier molecular flexibility index (Phi) is 7.26. The highest BCUT2D eigenvalue weighted by Crippen LogP contribution is 2.30. The van der Waals surface area contributed by atoms with Crippen molar-refractivity contribution in [3.8, 4) is 0 Å². The summed E-state index contributed by atoms with van der Waals surface area (Å²) >= 11 is 0. The van der Waals surface area contributed by atoms with E-state index in [9.17, 15) is 0 Å². The van der Waals surface area contributed by atoms with Crippen LogP contribution >= 0.6 is 0 Å². The van der Waals surface area contributed by atoms with E-state index < -0.39 is 0 Å². The SMILES string of the molecule is C/C=C\c1c(CCCC(C)(C)C)cccc1C(C)Cc1ccccc1C. The lowest BCUT2D eigenvalue weighted by atomic mass is 9.84. The highest BCUT2D eigenvalue weighted by atomic mass is 14.2. The highest BCUT2D eigenvalue weighted by Gasteiger charge is 2.15. The van der Waals surface area contributed by atoms with Crippen molar-refractivity contribution < 1.29 is 0 Å². The average molecular weight is 349 g/mol. The Morgan fingerprint density at radius 3 is 2.31 bits per heavy atom. The first-order valence-electron chi connectivity index (χ1n) is 10.1. The minimum atomic E-state index is 0.413. The van der Waals surface area contributed by atoms with Crippen LogP contribution in [0.2, 0.25) is 0 Å². The number of benzene rings is 2. The van der Waals surface area contributed by atoms with E-state index in [1.54, 1.807) is 0 Å². The van der Waals surface area contributed by atoms with Gasteiger partial charge in [0, 0.05) is 0 Å². The first-order valence-corrected chi connectivity index (χ1v) is 10.1. The van der Waals surface area contributed by atoms with Crippen LogP contribution in [0.25, 0.3) is 6.08 Å². The first kappa shape index (κ1) is 20.5. The zero-order valence-electron chi connectivity index (χ0n) is 17.6. The summed E-state index contributed by atoms with van der Waals surface area (Å²) in [5.74, 6) is 0.518. The second-order valence-corrected chi connectivity index (χ2v) is 8.87. The lowest BCUT2D eigenvalue weighted by Gasteiger charge is -2.21. The molecular formula is C26H36. The Hall–Kier alpha value is -1.82. The van der Waals surface area contributed by atoms with E-state index in [2.05, 4.69) is 96.2 Å². The summed E-state index contributed by atoms with van der Waals surface area (Å²) in [6.45, 7) is 13.7. The Morgan fingerprint density at radius 1 is 0.962 bits per heavy atom. The van der Waals surface area contributed by atoms with E-state index >= 15 is 0 Å². The van der Waals surface area contributed by atoms with Crippen LogP contribution in [0.3, 0.4) is 0 Å². The van der Waals surface area contributed by atoms with E-state index in [0.717, 1.165) is 6.42 Å². The molecule has 0 heteroatoms. The smallest absolute Gasteiger partial charge is 0.0144 e. The summed E-state index contributed by atoms with van der Waals surface area (Å²) in [5, 5.41) is 0. The highest BCUT2D eigenvalue weighted by molar-refractivity contribution is 5.59. The zero-order chi connectivity index (χ0) is 19.2. The van der Waals surface area contributed by atoms with Gasteiger partial charge in [0.2, 0.25) is 0 Å². The quantitative estimate of drug-likeness (QED) is 0.480. The van der Waals surface area contributed by atoms with Gasteiger partial charge in [-0.05, 0) is 78.7 Å². The molecule has 2 rings (SSSR count). The van der Waals surface area contributed by atoms with Gasteiger partial charge in [-0.15, -0.1) is 0 Å². The Bertz CT molecular complexity index is 728. The van der Waals surface area contributed by atoms with Crippen LogP contribution in [0.4, 0.5) is 0 Å². The molecule has 0 saturated heterocycles. The van der Waals surface area contributed by atoms with Crippen LogP contribution in [0.5, 0.6) is 0 Å². The van der Waals surface area contributed by atoms with Crippen molar-refractivity contribution in [2.45, 2.75) is 73.1 Å². The predicted octanol–water partition coefficient (Wildman–Crippen LogP) is 7.74. The average Bonchev–Trinajstić information content (AvgIpc) is 2.57. The molecule has 0 fully saturated rings. The topological polar surface area (TPSA) is 0 Å². The van der Waals surface area contributed by atoms with Crippen LogP contribution < -0.4 is 0 Å². The van der Waals surface area contributed by atoms with E-state index in [-0.39, 0.29) is 0 Å². The molecule has 0 heterocycles. The fraction of sp³-hybridized carbons (Fsp3) is 0.462. The second-order valence-electron chi connectivity index (χ2n) is 8.87. The zero-order valence-corrected chi connectivity index (χ0v) is 17.6. The molecular weight excluding hydrogens is 312 g/mol. The number of hydrogen-bond acceptors (Lipinski definition) is 0. The Morgan fingerprint density at radius 2 is 1.65 bits per heavy atom. The lowest BCUT2D eigenvalue weighted by Crippen LogP contribution is -2.07. The van der Waals surface area contributed by atoms with E-state index in [1.165, 1.54) is 47.1 Å². The van der Waals surface area contributed by atoms with Crippen molar-refractivity contribution in [3.05, 3.63) is 76.4 Å². The lowest BCUT2D eigenvalue weighted by molar-refractivity contribution is 0.365. The second kappa shape index (κ2) is 9.21. The van der Waals surface area contributed by atoms with Gasteiger partial charge in [0.05, 0.1) is 0 Å². The van der Waals surface area contributed by atoms with Crippen LogP contribution in [0.15, 0.2) is 48.5 Å². The Labute approximate surface area is 161 Å². The van der Waals surface area contributed by atoms with Crippen molar-refractivity contribution in [1.82, 2.24) is 0 Å². The monoisotopic (exact) mass is 348 g/mol. The summed E-state index contributed by atoms with van der Waals surface area (Å²) in [4.78, 5) is 0. The van der Waals surface area contributed by atoms with Crippen molar-refractivity contribution >= 4 is 6.08 Å². The number of allylic oxidation sites excluding steroid dienone is 1. The molecule has 0 spiro atoms. The third kappa shape index (κ3) is 5.87. The molecule has 1 unspecified atom stereocenters. The standard InChI is InChI=1S/C26H36/c1-7-12-25-22(16-11-18-26(4,5)6)15-10-17-24(25)21(3)19-23-14-9-8-13-20(23)2/h7-10,12-15,17,21H,11,16,18-19H2,1-6H3/b12-7-. The van der Waals surface area contributed by atoms with Gasteiger partial charge < -0.3 is 0 Å². The van der Waals surface area contributed by atoms with Gasteiger partial charge in [-0.1, -0.05) is 82.3 Å². The molecule has 0 amide bonds. The van der Waals surface area contributed by atoms with Gasteiger partial charge in [0.1, 0.15) is 0 Å². The van der Waals surface area contributed by atoms with Crippen molar-refractivity contribution in [3.63, 3.8) is 0 Å². The van der Waals surface area contributed by atoms with Gasteiger partial charge in [0.25, 0.3) is 0 Å². The molecule has 0 aliphatic carbocycles. The maximum absolute atomic E-state index is 2.37. The molecule has 2 aromatic rings. The van der Waals surface area contributed by atoms with Gasteiger partial charge in [0.15, 0.2) is 0 Å². The summed E-state index contributed by atoms with van der Waals surface area (Å²) in [5.41, 5.74) is 7.71. The van der Waals surface area contributed by atoms with Crippen molar-refractivity contribution in [2.24, 2.45) is 5.41 Å². The molecule has 0 aliphatic heterocycles.